The van der Waals surface area contributed by atoms with Gasteiger partial charge in [0.25, 0.3) is 5.69 Å². The fraction of sp³-hybridized carbons (Fsp3) is 0. The fourth-order valence-electron chi connectivity index (χ4n) is 2.50. The monoisotopic (exact) mass is 376 g/mol. The number of thiazole rings is 1. The minimum Gasteiger partial charge on any atom is -0.258 e. The van der Waals surface area contributed by atoms with Gasteiger partial charge in [-0.1, -0.05) is 53.8 Å². The minimum atomic E-state index is -0.431. The lowest BCUT2D eigenvalue weighted by atomic mass is 10.2. The number of para-hydroxylation sites is 1. The average molecular weight is 376 g/mol. The van der Waals surface area contributed by atoms with Crippen LogP contribution in [0.1, 0.15) is 5.56 Å². The number of nitro benzene ring substituents is 1. The Morgan fingerprint density at radius 1 is 1.11 bits per heavy atom. The van der Waals surface area contributed by atoms with Crippen molar-refractivity contribution >= 4 is 28.4 Å². The second kappa shape index (κ2) is 7.26. The molecule has 0 amide bonds. The van der Waals surface area contributed by atoms with E-state index in [0.717, 1.165) is 16.3 Å². The van der Waals surface area contributed by atoms with Crippen LogP contribution in [0.15, 0.2) is 72.2 Å². The van der Waals surface area contributed by atoms with Crippen LogP contribution in [-0.4, -0.2) is 30.9 Å². The van der Waals surface area contributed by atoms with E-state index in [-0.39, 0.29) is 5.69 Å². The lowest BCUT2D eigenvalue weighted by Gasteiger charge is -2.00. The van der Waals surface area contributed by atoms with Gasteiger partial charge in [-0.15, -0.1) is 0 Å². The number of aromatic nitrogens is 4. The molecule has 0 spiro atoms. The molecule has 2 heterocycles. The molecule has 2 aromatic heterocycles. The molecule has 0 unspecified atom stereocenters. The van der Waals surface area contributed by atoms with E-state index in [4.69, 9.17) is 0 Å². The average Bonchev–Trinajstić information content (AvgIpc) is 3.37. The van der Waals surface area contributed by atoms with E-state index in [9.17, 15) is 10.1 Å². The maximum atomic E-state index is 11.1. The lowest BCUT2D eigenvalue weighted by Crippen LogP contribution is -1.93. The minimum absolute atomic E-state index is 0.00223. The van der Waals surface area contributed by atoms with E-state index in [1.54, 1.807) is 29.2 Å². The summed E-state index contributed by atoms with van der Waals surface area (Å²) in [7, 11) is 0. The van der Waals surface area contributed by atoms with Crippen molar-refractivity contribution in [3.05, 3.63) is 82.9 Å². The van der Waals surface area contributed by atoms with E-state index >= 15 is 0 Å². The molecule has 0 radical (unpaired) electrons. The standard InChI is InChI=1S/C18H12N6O2S/c25-24(26)15-9-5-4-8-14(15)10-20-18-22-16(13-6-2-1-3-7-13)17(27-18)23-12-19-11-21-23/h1-12H. The summed E-state index contributed by atoms with van der Waals surface area (Å²) in [5, 5.41) is 16.6. The van der Waals surface area contributed by atoms with Crippen molar-refractivity contribution in [3.63, 3.8) is 0 Å². The third-order valence-corrected chi connectivity index (χ3v) is 4.67. The SMILES string of the molecule is O=[N+]([O-])c1ccccc1C=Nc1nc(-c2ccccc2)c(-n2cncn2)s1. The Labute approximate surface area is 157 Å². The van der Waals surface area contributed by atoms with Crippen LogP contribution >= 0.6 is 11.3 Å². The van der Waals surface area contributed by atoms with Crippen molar-refractivity contribution in [2.75, 3.05) is 0 Å². The third-order valence-electron chi connectivity index (χ3n) is 3.72. The first-order valence-electron chi connectivity index (χ1n) is 7.91. The Morgan fingerprint density at radius 3 is 2.63 bits per heavy atom. The van der Waals surface area contributed by atoms with Crippen molar-refractivity contribution in [1.29, 1.82) is 0 Å². The van der Waals surface area contributed by atoms with Crippen molar-refractivity contribution in [2.45, 2.75) is 0 Å². The summed E-state index contributed by atoms with van der Waals surface area (Å²) in [6, 6.07) is 16.1. The van der Waals surface area contributed by atoms with Crippen LogP contribution < -0.4 is 0 Å². The number of hydrogen-bond donors (Lipinski definition) is 0. The zero-order valence-corrected chi connectivity index (χ0v) is 14.7. The van der Waals surface area contributed by atoms with Crippen LogP contribution in [-0.2, 0) is 0 Å². The molecule has 8 nitrogen and oxygen atoms in total. The molecule has 0 aliphatic carbocycles. The number of nitrogens with zero attached hydrogens (tertiary/aromatic N) is 6. The zero-order valence-electron chi connectivity index (χ0n) is 13.8. The van der Waals surface area contributed by atoms with Crippen molar-refractivity contribution in [3.8, 4) is 16.3 Å². The van der Waals surface area contributed by atoms with Crippen LogP contribution in [0.25, 0.3) is 16.3 Å². The summed E-state index contributed by atoms with van der Waals surface area (Å²) in [5.41, 5.74) is 2.06. The first-order chi connectivity index (χ1) is 13.2. The van der Waals surface area contributed by atoms with Gasteiger partial charge in [0.15, 0.2) is 0 Å². The summed E-state index contributed by atoms with van der Waals surface area (Å²) in [6.07, 6.45) is 4.50. The van der Waals surface area contributed by atoms with Gasteiger partial charge in [0, 0.05) is 17.8 Å². The number of rotatable bonds is 5. The number of aliphatic imine (C=N–C) groups is 1. The van der Waals surface area contributed by atoms with Gasteiger partial charge >= 0.3 is 0 Å². The summed E-state index contributed by atoms with van der Waals surface area (Å²) in [6.45, 7) is 0. The number of nitro groups is 1. The smallest absolute Gasteiger partial charge is 0.258 e. The van der Waals surface area contributed by atoms with Crippen LogP contribution in [0.4, 0.5) is 10.8 Å². The highest BCUT2D eigenvalue weighted by atomic mass is 32.1. The van der Waals surface area contributed by atoms with E-state index in [1.807, 2.05) is 30.3 Å². The molecule has 0 bridgehead atoms. The highest BCUT2D eigenvalue weighted by Crippen LogP contribution is 2.35. The van der Waals surface area contributed by atoms with Crippen LogP contribution in [0.5, 0.6) is 0 Å². The van der Waals surface area contributed by atoms with Gasteiger partial charge in [-0.3, -0.25) is 10.1 Å². The van der Waals surface area contributed by atoms with Crippen molar-refractivity contribution in [1.82, 2.24) is 19.7 Å². The molecule has 2 aromatic carbocycles. The summed E-state index contributed by atoms with van der Waals surface area (Å²) in [4.78, 5) is 23.6. The normalized spacial score (nSPS) is 11.1. The van der Waals surface area contributed by atoms with Crippen molar-refractivity contribution in [2.24, 2.45) is 4.99 Å². The molecule has 0 aliphatic rings. The van der Waals surface area contributed by atoms with E-state index in [2.05, 4.69) is 20.1 Å². The lowest BCUT2D eigenvalue weighted by molar-refractivity contribution is -0.385. The first kappa shape index (κ1) is 16.7. The molecular weight excluding hydrogens is 364 g/mol. The largest absolute Gasteiger partial charge is 0.278 e. The van der Waals surface area contributed by atoms with Gasteiger partial charge in [-0.25, -0.2) is 19.6 Å². The molecule has 0 saturated heterocycles. The molecule has 0 N–H and O–H groups in total. The van der Waals surface area contributed by atoms with Crippen molar-refractivity contribution < 1.29 is 4.92 Å². The molecule has 0 fully saturated rings. The molecule has 0 aliphatic heterocycles. The summed E-state index contributed by atoms with van der Waals surface area (Å²) >= 11 is 1.33. The molecular formula is C18H12N6O2S. The Bertz CT molecular complexity index is 1110. The molecule has 9 heteroatoms. The Kier molecular flexibility index (Phi) is 4.50. The Hall–Kier alpha value is -3.72. The van der Waals surface area contributed by atoms with Gasteiger partial charge in [0.2, 0.25) is 5.13 Å². The van der Waals surface area contributed by atoms with Gasteiger partial charge in [0.05, 0.1) is 10.5 Å². The third kappa shape index (κ3) is 3.48. The topological polar surface area (TPSA) is 99.1 Å². The summed E-state index contributed by atoms with van der Waals surface area (Å²) < 4.78 is 1.63. The fourth-order valence-corrected chi connectivity index (χ4v) is 3.36. The van der Waals surface area contributed by atoms with Gasteiger partial charge < -0.3 is 0 Å². The van der Waals surface area contributed by atoms with E-state index in [1.165, 1.54) is 29.9 Å². The van der Waals surface area contributed by atoms with Crippen LogP contribution in [0.3, 0.4) is 0 Å². The molecule has 132 valence electrons. The summed E-state index contributed by atoms with van der Waals surface area (Å²) in [5.74, 6) is 0. The molecule has 4 aromatic rings. The molecule has 0 atom stereocenters. The van der Waals surface area contributed by atoms with Gasteiger partial charge in [0.1, 0.15) is 23.3 Å². The highest BCUT2D eigenvalue weighted by Gasteiger charge is 2.16. The maximum absolute atomic E-state index is 11.1. The number of hydrogen-bond acceptors (Lipinski definition) is 7. The van der Waals surface area contributed by atoms with Crippen LogP contribution in [0.2, 0.25) is 0 Å². The zero-order chi connectivity index (χ0) is 18.6. The first-order valence-corrected chi connectivity index (χ1v) is 8.73. The molecule has 27 heavy (non-hydrogen) atoms. The van der Waals surface area contributed by atoms with Gasteiger partial charge in [-0.05, 0) is 6.07 Å². The molecule has 0 saturated carbocycles. The molecule has 4 rings (SSSR count). The van der Waals surface area contributed by atoms with Gasteiger partial charge in [-0.2, -0.15) is 5.10 Å². The second-order valence-electron chi connectivity index (χ2n) is 5.43. The quantitative estimate of drug-likeness (QED) is 0.297. The maximum Gasteiger partial charge on any atom is 0.278 e. The Morgan fingerprint density at radius 2 is 1.89 bits per heavy atom. The highest BCUT2D eigenvalue weighted by molar-refractivity contribution is 7.18. The predicted octanol–water partition coefficient (Wildman–Crippen LogP) is 4.05. The van der Waals surface area contributed by atoms with E-state index < -0.39 is 4.92 Å². The predicted molar refractivity (Wildman–Crippen MR) is 103 cm³/mol. The number of benzene rings is 2. The second-order valence-corrected chi connectivity index (χ2v) is 6.39. The van der Waals surface area contributed by atoms with E-state index in [0.29, 0.717) is 10.7 Å². The Balaban J connectivity index is 1.76. The van der Waals surface area contributed by atoms with Crippen LogP contribution in [0, 0.1) is 10.1 Å².